The van der Waals surface area contributed by atoms with Crippen molar-refractivity contribution in [2.45, 2.75) is 27.7 Å². The van der Waals surface area contributed by atoms with E-state index in [4.69, 9.17) is 9.47 Å². The van der Waals surface area contributed by atoms with Crippen LogP contribution >= 0.6 is 11.3 Å². The Hall–Kier alpha value is -2.71. The van der Waals surface area contributed by atoms with Gasteiger partial charge < -0.3 is 20.1 Å². The van der Waals surface area contributed by atoms with Gasteiger partial charge in [-0.05, 0) is 51.0 Å². The highest BCUT2D eigenvalue weighted by Gasteiger charge is 2.22. The van der Waals surface area contributed by atoms with E-state index in [2.05, 4.69) is 10.6 Å². The van der Waals surface area contributed by atoms with Gasteiger partial charge in [0, 0.05) is 10.6 Å². The molecule has 0 saturated heterocycles. The summed E-state index contributed by atoms with van der Waals surface area (Å²) in [6, 6.07) is 7.37. The molecular weight excluding hydrogens is 380 g/mol. The maximum absolute atomic E-state index is 12.1. The second-order valence-electron chi connectivity index (χ2n) is 6.17. The molecule has 0 fully saturated rings. The molecule has 0 aliphatic rings. The predicted octanol–water partition coefficient (Wildman–Crippen LogP) is 3.44. The van der Waals surface area contributed by atoms with E-state index in [0.717, 1.165) is 16.0 Å². The fourth-order valence-electron chi connectivity index (χ4n) is 2.48. The first kappa shape index (κ1) is 21.6. The first-order chi connectivity index (χ1) is 13.3. The molecule has 1 aromatic heterocycles. The van der Waals surface area contributed by atoms with E-state index in [1.165, 1.54) is 11.3 Å². The van der Waals surface area contributed by atoms with E-state index in [0.29, 0.717) is 16.3 Å². The fraction of sp³-hybridized carbons (Fsp3) is 0.350. The zero-order valence-electron chi connectivity index (χ0n) is 16.4. The smallest absolute Gasteiger partial charge is 0.341 e. The number of hydrogen-bond donors (Lipinski definition) is 2. The molecule has 0 radical (unpaired) electrons. The zero-order chi connectivity index (χ0) is 20.7. The predicted molar refractivity (Wildman–Crippen MR) is 109 cm³/mol. The highest BCUT2D eigenvalue weighted by Crippen LogP contribution is 2.33. The van der Waals surface area contributed by atoms with Crippen LogP contribution in [0.25, 0.3) is 0 Å². The van der Waals surface area contributed by atoms with Crippen LogP contribution in [-0.2, 0) is 19.1 Å². The first-order valence-corrected chi connectivity index (χ1v) is 9.64. The van der Waals surface area contributed by atoms with Gasteiger partial charge in [-0.1, -0.05) is 12.1 Å². The number of anilines is 2. The van der Waals surface area contributed by atoms with Crippen molar-refractivity contribution in [3.05, 3.63) is 45.8 Å². The van der Waals surface area contributed by atoms with Crippen molar-refractivity contribution in [1.29, 1.82) is 0 Å². The Morgan fingerprint density at radius 1 is 1.04 bits per heavy atom. The van der Waals surface area contributed by atoms with Gasteiger partial charge in [-0.25, -0.2) is 4.79 Å². The molecule has 7 nitrogen and oxygen atoms in total. The molecule has 0 bridgehead atoms. The van der Waals surface area contributed by atoms with Crippen LogP contribution in [-0.4, -0.2) is 37.6 Å². The summed E-state index contributed by atoms with van der Waals surface area (Å²) in [5.74, 6) is -1.28. The Morgan fingerprint density at radius 2 is 1.71 bits per heavy atom. The van der Waals surface area contributed by atoms with Crippen molar-refractivity contribution in [1.82, 2.24) is 0 Å². The number of carbonyl (C=O) groups is 3. The number of rotatable bonds is 8. The average molecular weight is 404 g/mol. The van der Waals surface area contributed by atoms with Gasteiger partial charge in [0.1, 0.15) is 18.2 Å². The number of ether oxygens (including phenoxy) is 2. The first-order valence-electron chi connectivity index (χ1n) is 8.83. The third-order valence-electron chi connectivity index (χ3n) is 3.89. The van der Waals surface area contributed by atoms with Crippen molar-refractivity contribution in [3.63, 3.8) is 0 Å². The highest BCUT2D eigenvalue weighted by atomic mass is 32.1. The van der Waals surface area contributed by atoms with Gasteiger partial charge in [0.05, 0.1) is 12.2 Å². The number of benzene rings is 1. The molecule has 8 heteroatoms. The Morgan fingerprint density at radius 3 is 2.36 bits per heavy atom. The molecule has 0 aliphatic carbocycles. The fourth-order valence-corrected chi connectivity index (χ4v) is 3.55. The van der Waals surface area contributed by atoms with Crippen LogP contribution in [0, 0.1) is 20.8 Å². The molecule has 0 unspecified atom stereocenters. The van der Waals surface area contributed by atoms with E-state index < -0.39 is 11.9 Å². The molecule has 150 valence electrons. The van der Waals surface area contributed by atoms with Gasteiger partial charge in [0.15, 0.2) is 0 Å². The molecule has 2 aromatic rings. The van der Waals surface area contributed by atoms with Gasteiger partial charge in [0.25, 0.3) is 5.91 Å². The lowest BCUT2D eigenvalue weighted by Crippen LogP contribution is -2.24. The standard InChI is InChI=1S/C20H24N2O5S/c1-5-27-20(25)18-13(3)14(4)28-19(18)22-17(24)11-26-10-16(23)21-15-8-6-7-12(2)9-15/h6-9H,5,10-11H2,1-4H3,(H,21,23)(H,22,24). The third kappa shape index (κ3) is 5.90. The van der Waals surface area contributed by atoms with Crippen molar-refractivity contribution in [2.24, 2.45) is 0 Å². The summed E-state index contributed by atoms with van der Waals surface area (Å²) in [5.41, 5.74) is 2.82. The summed E-state index contributed by atoms with van der Waals surface area (Å²) in [5, 5.41) is 5.79. The molecule has 1 aromatic carbocycles. The lowest BCUT2D eigenvalue weighted by molar-refractivity contribution is -0.125. The Labute approximate surface area is 168 Å². The van der Waals surface area contributed by atoms with E-state index in [-0.39, 0.29) is 25.7 Å². The van der Waals surface area contributed by atoms with E-state index in [1.807, 2.05) is 32.0 Å². The summed E-state index contributed by atoms with van der Waals surface area (Å²) in [4.78, 5) is 37.1. The quantitative estimate of drug-likeness (QED) is 0.658. The summed E-state index contributed by atoms with van der Waals surface area (Å²) in [7, 11) is 0. The molecule has 28 heavy (non-hydrogen) atoms. The molecular formula is C20H24N2O5S. The molecule has 0 saturated carbocycles. The minimum absolute atomic E-state index is 0.250. The second-order valence-corrected chi connectivity index (χ2v) is 7.39. The second kappa shape index (κ2) is 10.0. The number of hydrogen-bond acceptors (Lipinski definition) is 6. The summed E-state index contributed by atoms with van der Waals surface area (Å²) in [6.45, 7) is 7.01. The minimum atomic E-state index is -0.474. The van der Waals surface area contributed by atoms with E-state index >= 15 is 0 Å². The van der Waals surface area contributed by atoms with Gasteiger partial charge in [-0.15, -0.1) is 11.3 Å². The van der Waals surface area contributed by atoms with Crippen molar-refractivity contribution in [2.75, 3.05) is 30.5 Å². The molecule has 2 amide bonds. The van der Waals surface area contributed by atoms with Gasteiger partial charge in [-0.3, -0.25) is 9.59 Å². The Balaban J connectivity index is 1.87. The van der Waals surface area contributed by atoms with Crippen molar-refractivity contribution in [3.8, 4) is 0 Å². The summed E-state index contributed by atoms with van der Waals surface area (Å²) >= 11 is 1.30. The monoisotopic (exact) mass is 404 g/mol. The van der Waals surface area contributed by atoms with Crippen LogP contribution in [0.3, 0.4) is 0 Å². The molecule has 2 N–H and O–H groups in total. The lowest BCUT2D eigenvalue weighted by atomic mass is 10.1. The topological polar surface area (TPSA) is 93.7 Å². The zero-order valence-corrected chi connectivity index (χ0v) is 17.2. The van der Waals surface area contributed by atoms with E-state index in [9.17, 15) is 14.4 Å². The normalized spacial score (nSPS) is 10.4. The minimum Gasteiger partial charge on any atom is -0.462 e. The van der Waals surface area contributed by atoms with Crippen molar-refractivity contribution >= 4 is 39.8 Å². The van der Waals surface area contributed by atoms with Crippen LogP contribution in [0.5, 0.6) is 0 Å². The summed E-state index contributed by atoms with van der Waals surface area (Å²) < 4.78 is 10.2. The number of nitrogens with one attached hydrogen (secondary N) is 2. The molecule has 2 rings (SSSR count). The lowest BCUT2D eigenvalue weighted by Gasteiger charge is -2.08. The highest BCUT2D eigenvalue weighted by molar-refractivity contribution is 7.16. The van der Waals surface area contributed by atoms with Crippen LogP contribution in [0.1, 0.15) is 33.3 Å². The van der Waals surface area contributed by atoms with Crippen LogP contribution < -0.4 is 10.6 Å². The van der Waals surface area contributed by atoms with Gasteiger partial charge in [-0.2, -0.15) is 0 Å². The SMILES string of the molecule is CCOC(=O)c1c(NC(=O)COCC(=O)Nc2cccc(C)c2)sc(C)c1C. The van der Waals surface area contributed by atoms with Crippen LogP contribution in [0.15, 0.2) is 24.3 Å². The molecule has 0 aliphatic heterocycles. The van der Waals surface area contributed by atoms with E-state index in [1.54, 1.807) is 19.9 Å². The number of carbonyl (C=O) groups excluding carboxylic acids is 3. The maximum atomic E-state index is 12.1. The maximum Gasteiger partial charge on any atom is 0.341 e. The molecule has 0 spiro atoms. The number of amides is 2. The molecule has 1 heterocycles. The number of esters is 1. The van der Waals surface area contributed by atoms with Crippen LogP contribution in [0.4, 0.5) is 10.7 Å². The Kier molecular flexibility index (Phi) is 7.71. The Bertz CT molecular complexity index is 875. The average Bonchev–Trinajstić information content (AvgIpc) is 2.88. The van der Waals surface area contributed by atoms with Gasteiger partial charge >= 0.3 is 5.97 Å². The summed E-state index contributed by atoms with van der Waals surface area (Å²) in [6.07, 6.45) is 0. The number of thiophene rings is 1. The van der Waals surface area contributed by atoms with Crippen molar-refractivity contribution < 1.29 is 23.9 Å². The van der Waals surface area contributed by atoms with Crippen LogP contribution in [0.2, 0.25) is 0 Å². The van der Waals surface area contributed by atoms with Gasteiger partial charge in [0.2, 0.25) is 5.91 Å². The molecule has 0 atom stereocenters. The number of aryl methyl sites for hydroxylation is 2. The largest absolute Gasteiger partial charge is 0.462 e. The third-order valence-corrected chi connectivity index (χ3v) is 5.01.